The van der Waals surface area contributed by atoms with Gasteiger partial charge in [0.2, 0.25) is 5.89 Å². The van der Waals surface area contributed by atoms with Gasteiger partial charge in [0.1, 0.15) is 0 Å². The average Bonchev–Trinajstić information content (AvgIpc) is 2.96. The molecule has 0 radical (unpaired) electrons. The Hall–Kier alpha value is -1.72. The van der Waals surface area contributed by atoms with E-state index in [2.05, 4.69) is 27.6 Å². The topological polar surface area (TPSA) is 60.2 Å². The van der Waals surface area contributed by atoms with Crippen LogP contribution in [0.3, 0.4) is 0 Å². The van der Waals surface area contributed by atoms with Gasteiger partial charge in [-0.05, 0) is 19.0 Å². The van der Waals surface area contributed by atoms with Crippen molar-refractivity contribution in [3.63, 3.8) is 0 Å². The molecule has 1 aliphatic heterocycles. The monoisotopic (exact) mass is 273 g/mol. The molecule has 20 heavy (non-hydrogen) atoms. The smallest absolute Gasteiger partial charge is 0.233 e. The summed E-state index contributed by atoms with van der Waals surface area (Å²) < 4.78 is 11.0. The summed E-state index contributed by atoms with van der Waals surface area (Å²) in [4.78, 5) is 4.53. The molecule has 1 fully saturated rings. The standard InChI is InChI=1S/C15H19N3O2/c1-16-13-7-8-19-10-12(13)15-17-14(18-20-15)9-11-5-3-2-4-6-11/h2-6,12-13,16H,7-10H2,1H3. The first-order valence-corrected chi connectivity index (χ1v) is 6.98. The highest BCUT2D eigenvalue weighted by atomic mass is 16.5. The lowest BCUT2D eigenvalue weighted by Gasteiger charge is -2.28. The summed E-state index contributed by atoms with van der Waals surface area (Å²) in [6.07, 6.45) is 1.67. The van der Waals surface area contributed by atoms with Crippen molar-refractivity contribution < 1.29 is 9.26 Å². The predicted octanol–water partition coefficient (Wildman–Crippen LogP) is 1.75. The minimum atomic E-state index is 0.144. The van der Waals surface area contributed by atoms with Gasteiger partial charge in [-0.1, -0.05) is 35.5 Å². The van der Waals surface area contributed by atoms with Crippen LogP contribution in [-0.4, -0.2) is 36.4 Å². The van der Waals surface area contributed by atoms with Crippen LogP contribution in [0.1, 0.15) is 29.6 Å². The van der Waals surface area contributed by atoms with E-state index in [1.54, 1.807) is 0 Å². The fourth-order valence-corrected chi connectivity index (χ4v) is 2.60. The third-order valence-electron chi connectivity index (χ3n) is 3.73. The van der Waals surface area contributed by atoms with Crippen molar-refractivity contribution in [2.24, 2.45) is 0 Å². The first-order valence-electron chi connectivity index (χ1n) is 6.98. The van der Waals surface area contributed by atoms with Crippen LogP contribution in [0.5, 0.6) is 0 Å². The second-order valence-corrected chi connectivity index (χ2v) is 5.08. The number of benzene rings is 1. The Balaban J connectivity index is 1.73. The minimum absolute atomic E-state index is 0.144. The number of hydrogen-bond donors (Lipinski definition) is 1. The Labute approximate surface area is 118 Å². The number of nitrogens with one attached hydrogen (secondary N) is 1. The number of likely N-dealkylation sites (N-methyl/N-ethyl adjacent to an activating group) is 1. The molecule has 106 valence electrons. The van der Waals surface area contributed by atoms with Crippen molar-refractivity contribution in [3.05, 3.63) is 47.6 Å². The van der Waals surface area contributed by atoms with E-state index in [0.29, 0.717) is 25.0 Å². The molecule has 0 bridgehead atoms. The van der Waals surface area contributed by atoms with Gasteiger partial charge < -0.3 is 14.6 Å². The quantitative estimate of drug-likeness (QED) is 0.919. The predicted molar refractivity (Wildman–Crippen MR) is 74.6 cm³/mol. The molecule has 1 aromatic heterocycles. The Morgan fingerprint density at radius 1 is 1.30 bits per heavy atom. The number of rotatable bonds is 4. The molecule has 1 aliphatic rings. The lowest BCUT2D eigenvalue weighted by Crippen LogP contribution is -2.39. The van der Waals surface area contributed by atoms with Crippen molar-refractivity contribution in [2.45, 2.75) is 24.8 Å². The molecule has 0 aliphatic carbocycles. The van der Waals surface area contributed by atoms with Gasteiger partial charge in [0.05, 0.1) is 12.5 Å². The van der Waals surface area contributed by atoms with Crippen molar-refractivity contribution in [1.29, 1.82) is 0 Å². The third-order valence-corrected chi connectivity index (χ3v) is 3.73. The molecule has 3 rings (SSSR count). The molecule has 5 heteroatoms. The molecule has 2 aromatic rings. The highest BCUT2D eigenvalue weighted by molar-refractivity contribution is 5.18. The summed E-state index contributed by atoms with van der Waals surface area (Å²) >= 11 is 0. The van der Waals surface area contributed by atoms with Crippen LogP contribution in [0.15, 0.2) is 34.9 Å². The van der Waals surface area contributed by atoms with Gasteiger partial charge in [-0.15, -0.1) is 0 Å². The lowest BCUT2D eigenvalue weighted by atomic mass is 9.96. The SMILES string of the molecule is CNC1CCOCC1c1nc(Cc2ccccc2)no1. The van der Waals surface area contributed by atoms with Crippen molar-refractivity contribution in [1.82, 2.24) is 15.5 Å². The number of hydrogen-bond acceptors (Lipinski definition) is 5. The molecule has 2 heterocycles. The van der Waals surface area contributed by atoms with Crippen LogP contribution >= 0.6 is 0 Å². The zero-order chi connectivity index (χ0) is 13.8. The number of ether oxygens (including phenoxy) is 1. The Kier molecular flexibility index (Phi) is 4.08. The molecule has 0 spiro atoms. The van der Waals surface area contributed by atoms with Crippen LogP contribution in [0.2, 0.25) is 0 Å². The Morgan fingerprint density at radius 3 is 2.95 bits per heavy atom. The van der Waals surface area contributed by atoms with E-state index >= 15 is 0 Å². The summed E-state index contributed by atoms with van der Waals surface area (Å²) in [6, 6.07) is 10.5. The molecule has 5 nitrogen and oxygen atoms in total. The molecule has 1 N–H and O–H groups in total. The van der Waals surface area contributed by atoms with Gasteiger partial charge in [-0.25, -0.2) is 0 Å². The Bertz CT molecular complexity index is 541. The maximum absolute atomic E-state index is 5.53. The van der Waals surface area contributed by atoms with Crippen LogP contribution in [-0.2, 0) is 11.2 Å². The van der Waals surface area contributed by atoms with Gasteiger partial charge in [0.15, 0.2) is 5.82 Å². The first kappa shape index (κ1) is 13.3. The second-order valence-electron chi connectivity index (χ2n) is 5.08. The van der Waals surface area contributed by atoms with E-state index in [0.717, 1.165) is 18.9 Å². The molecular weight excluding hydrogens is 254 g/mol. The van der Waals surface area contributed by atoms with Gasteiger partial charge in [-0.2, -0.15) is 4.98 Å². The van der Waals surface area contributed by atoms with E-state index in [9.17, 15) is 0 Å². The maximum atomic E-state index is 5.53. The molecule has 2 atom stereocenters. The number of aromatic nitrogens is 2. The van der Waals surface area contributed by atoms with Gasteiger partial charge >= 0.3 is 0 Å². The van der Waals surface area contributed by atoms with E-state index < -0.39 is 0 Å². The Morgan fingerprint density at radius 2 is 2.15 bits per heavy atom. The molecule has 1 saturated heterocycles. The average molecular weight is 273 g/mol. The molecule has 0 amide bonds. The highest BCUT2D eigenvalue weighted by Crippen LogP contribution is 2.24. The molecule has 2 unspecified atom stereocenters. The zero-order valence-corrected chi connectivity index (χ0v) is 11.6. The van der Waals surface area contributed by atoms with E-state index in [1.165, 1.54) is 5.56 Å². The van der Waals surface area contributed by atoms with Crippen molar-refractivity contribution in [2.75, 3.05) is 20.3 Å². The summed E-state index contributed by atoms with van der Waals surface area (Å²) in [5, 5.41) is 7.39. The van der Waals surface area contributed by atoms with Crippen molar-refractivity contribution in [3.8, 4) is 0 Å². The lowest BCUT2D eigenvalue weighted by molar-refractivity contribution is 0.0516. The van der Waals surface area contributed by atoms with Crippen molar-refractivity contribution >= 4 is 0 Å². The summed E-state index contributed by atoms with van der Waals surface area (Å²) in [5.74, 6) is 1.55. The number of nitrogens with zero attached hydrogens (tertiary/aromatic N) is 2. The molecule has 0 saturated carbocycles. The van der Waals surface area contributed by atoms with Gasteiger partial charge in [0, 0.05) is 19.1 Å². The van der Waals surface area contributed by atoms with Crippen LogP contribution in [0, 0.1) is 0 Å². The van der Waals surface area contributed by atoms with Crippen LogP contribution in [0.4, 0.5) is 0 Å². The second kappa shape index (κ2) is 6.15. The van der Waals surface area contributed by atoms with E-state index in [4.69, 9.17) is 9.26 Å². The minimum Gasteiger partial charge on any atom is -0.381 e. The van der Waals surface area contributed by atoms with E-state index in [1.807, 2.05) is 25.2 Å². The van der Waals surface area contributed by atoms with E-state index in [-0.39, 0.29) is 5.92 Å². The summed E-state index contributed by atoms with van der Waals surface area (Å²) in [5.41, 5.74) is 1.19. The third kappa shape index (κ3) is 2.89. The fraction of sp³-hybridized carbons (Fsp3) is 0.467. The fourth-order valence-electron chi connectivity index (χ4n) is 2.60. The largest absolute Gasteiger partial charge is 0.381 e. The molecule has 1 aromatic carbocycles. The normalized spacial score (nSPS) is 22.9. The first-order chi connectivity index (χ1) is 9.86. The maximum Gasteiger partial charge on any atom is 0.233 e. The van der Waals surface area contributed by atoms with Gasteiger partial charge in [-0.3, -0.25) is 0 Å². The summed E-state index contributed by atoms with van der Waals surface area (Å²) in [6.45, 7) is 1.42. The molecular formula is C15H19N3O2. The van der Waals surface area contributed by atoms with Gasteiger partial charge in [0.25, 0.3) is 0 Å². The summed E-state index contributed by atoms with van der Waals surface area (Å²) in [7, 11) is 1.96. The zero-order valence-electron chi connectivity index (χ0n) is 11.6. The highest BCUT2D eigenvalue weighted by Gasteiger charge is 2.30. The van der Waals surface area contributed by atoms with Crippen LogP contribution < -0.4 is 5.32 Å². The van der Waals surface area contributed by atoms with Crippen LogP contribution in [0.25, 0.3) is 0 Å².